The third kappa shape index (κ3) is 5.71. The number of carbonyl (C=O) groups excluding carboxylic acids is 2. The highest BCUT2D eigenvalue weighted by molar-refractivity contribution is 5.92. The summed E-state index contributed by atoms with van der Waals surface area (Å²) in [6.07, 6.45) is -6.00. The van der Waals surface area contributed by atoms with Gasteiger partial charge >= 0.3 is 12.3 Å². The highest BCUT2D eigenvalue weighted by Gasteiger charge is 2.32. The third-order valence-electron chi connectivity index (χ3n) is 4.20. The molecule has 0 aromatic heterocycles. The van der Waals surface area contributed by atoms with Crippen molar-refractivity contribution in [3.05, 3.63) is 65.7 Å². The fourth-order valence-electron chi connectivity index (χ4n) is 2.81. The molecule has 0 spiro atoms. The first kappa shape index (κ1) is 20.7. The molecule has 0 unspecified atom stereocenters. The zero-order chi connectivity index (χ0) is 20.9. The first-order chi connectivity index (χ1) is 13.8. The number of hydrogen-bond donors (Lipinski definition) is 0. The van der Waals surface area contributed by atoms with Crippen molar-refractivity contribution in [1.82, 2.24) is 4.90 Å². The van der Waals surface area contributed by atoms with Gasteiger partial charge < -0.3 is 19.1 Å². The van der Waals surface area contributed by atoms with Crippen LogP contribution in [-0.4, -0.2) is 49.4 Å². The van der Waals surface area contributed by atoms with Crippen molar-refractivity contribution in [2.24, 2.45) is 0 Å². The summed E-state index contributed by atoms with van der Waals surface area (Å²) in [7, 11) is 0. The fourth-order valence-corrected chi connectivity index (χ4v) is 2.81. The van der Waals surface area contributed by atoms with Crippen molar-refractivity contribution in [2.75, 3.05) is 26.3 Å². The Hall–Kier alpha value is -3.07. The molecule has 1 saturated heterocycles. The number of nitrogens with zero attached hydrogens (tertiary/aromatic N) is 1. The molecule has 0 aliphatic carbocycles. The normalized spacial score (nSPS) is 15.5. The topological polar surface area (TPSA) is 65.1 Å². The zero-order valence-electron chi connectivity index (χ0n) is 15.2. The highest BCUT2D eigenvalue weighted by atomic mass is 19.4. The lowest BCUT2D eigenvalue weighted by molar-refractivity contribution is -0.274. The molecular weight excluding hydrogens is 391 g/mol. The lowest BCUT2D eigenvalue weighted by Gasteiger charge is -2.30. The monoisotopic (exact) mass is 409 g/mol. The molecule has 9 heteroatoms. The summed E-state index contributed by atoms with van der Waals surface area (Å²) in [6.45, 7) is 1.54. The smallest absolute Gasteiger partial charge is 0.444 e. The molecule has 0 N–H and O–H groups in total. The molecule has 1 aliphatic rings. The van der Waals surface area contributed by atoms with Crippen LogP contribution in [0.3, 0.4) is 0 Å². The van der Waals surface area contributed by atoms with Crippen LogP contribution in [0.5, 0.6) is 5.75 Å². The Morgan fingerprint density at radius 1 is 0.966 bits per heavy atom. The number of carbonyl (C=O) groups is 2. The van der Waals surface area contributed by atoms with Crippen molar-refractivity contribution in [2.45, 2.75) is 12.5 Å². The standard InChI is InChI=1S/C20H18F3NO5/c21-20(22,23)29-16-8-6-15(7-9-16)19(26)28-17(14-4-2-1-3-5-14)18(25)24-10-12-27-13-11-24/h1-9,17H,10-13H2/t17-/m1/s1. The Labute approximate surface area is 164 Å². The van der Waals surface area contributed by atoms with E-state index in [-0.39, 0.29) is 11.5 Å². The van der Waals surface area contributed by atoms with Crippen molar-refractivity contribution >= 4 is 11.9 Å². The molecule has 1 heterocycles. The van der Waals surface area contributed by atoms with Crippen molar-refractivity contribution < 1.29 is 37.0 Å². The number of hydrogen-bond acceptors (Lipinski definition) is 5. The van der Waals surface area contributed by atoms with Crippen LogP contribution in [0, 0.1) is 0 Å². The van der Waals surface area contributed by atoms with Crippen LogP contribution < -0.4 is 4.74 Å². The first-order valence-electron chi connectivity index (χ1n) is 8.82. The Balaban J connectivity index is 1.76. The summed E-state index contributed by atoms with van der Waals surface area (Å²) in [6, 6.07) is 12.8. The number of morpholine rings is 1. The minimum Gasteiger partial charge on any atom is -0.444 e. The van der Waals surface area contributed by atoms with Crippen LogP contribution in [-0.2, 0) is 14.3 Å². The van der Waals surface area contributed by atoms with Crippen molar-refractivity contribution in [3.63, 3.8) is 0 Å². The quantitative estimate of drug-likeness (QED) is 0.709. The molecule has 0 saturated carbocycles. The van der Waals surface area contributed by atoms with Crippen molar-refractivity contribution in [3.8, 4) is 5.75 Å². The second kappa shape index (κ2) is 8.95. The molecule has 6 nitrogen and oxygen atoms in total. The van der Waals surface area contributed by atoms with E-state index < -0.39 is 24.2 Å². The summed E-state index contributed by atoms with van der Waals surface area (Å²) in [5, 5.41) is 0. The van der Waals surface area contributed by atoms with Gasteiger partial charge in [0.05, 0.1) is 18.8 Å². The van der Waals surface area contributed by atoms with E-state index in [0.29, 0.717) is 31.9 Å². The second-order valence-electron chi connectivity index (χ2n) is 6.21. The molecule has 2 aromatic rings. The van der Waals surface area contributed by atoms with Gasteiger partial charge in [0.25, 0.3) is 5.91 Å². The maximum Gasteiger partial charge on any atom is 0.573 e. The predicted molar refractivity (Wildman–Crippen MR) is 95.1 cm³/mol. The minimum absolute atomic E-state index is 0.00441. The van der Waals surface area contributed by atoms with Gasteiger partial charge in [0, 0.05) is 18.7 Å². The van der Waals surface area contributed by atoms with Gasteiger partial charge in [0.15, 0.2) is 0 Å². The van der Waals surface area contributed by atoms with Gasteiger partial charge in [-0.1, -0.05) is 30.3 Å². The molecule has 2 aromatic carbocycles. The van der Waals surface area contributed by atoms with E-state index in [9.17, 15) is 22.8 Å². The van der Waals surface area contributed by atoms with Gasteiger partial charge in [-0.05, 0) is 24.3 Å². The van der Waals surface area contributed by atoms with Crippen LogP contribution >= 0.6 is 0 Å². The van der Waals surface area contributed by atoms with Crippen LogP contribution in [0.2, 0.25) is 0 Å². The number of amides is 1. The van der Waals surface area contributed by atoms with E-state index in [2.05, 4.69) is 4.74 Å². The number of halogens is 3. The van der Waals surface area contributed by atoms with E-state index in [1.165, 1.54) is 0 Å². The Bertz CT molecular complexity index is 833. The van der Waals surface area contributed by atoms with Crippen LogP contribution in [0.25, 0.3) is 0 Å². The third-order valence-corrected chi connectivity index (χ3v) is 4.20. The van der Waals surface area contributed by atoms with Crippen LogP contribution in [0.15, 0.2) is 54.6 Å². The molecule has 1 atom stereocenters. The van der Waals surface area contributed by atoms with Gasteiger partial charge in [0.2, 0.25) is 6.10 Å². The Morgan fingerprint density at radius 3 is 2.17 bits per heavy atom. The summed E-state index contributed by atoms with van der Waals surface area (Å²) >= 11 is 0. The molecule has 154 valence electrons. The van der Waals surface area contributed by atoms with Gasteiger partial charge in [0.1, 0.15) is 5.75 Å². The number of esters is 1. The molecule has 0 radical (unpaired) electrons. The number of alkyl halides is 3. The maximum absolute atomic E-state index is 12.9. The summed E-state index contributed by atoms with van der Waals surface area (Å²) in [5.74, 6) is -1.68. The molecule has 1 fully saturated rings. The maximum atomic E-state index is 12.9. The molecule has 0 bridgehead atoms. The van der Waals surface area contributed by atoms with Crippen LogP contribution in [0.1, 0.15) is 22.0 Å². The molecule has 29 heavy (non-hydrogen) atoms. The van der Waals surface area contributed by atoms with Gasteiger partial charge in [-0.3, -0.25) is 4.79 Å². The zero-order valence-corrected chi connectivity index (χ0v) is 15.2. The molecule has 1 aliphatic heterocycles. The number of benzene rings is 2. The summed E-state index contributed by atoms with van der Waals surface area (Å²) in [4.78, 5) is 27.0. The lowest BCUT2D eigenvalue weighted by atomic mass is 10.1. The van der Waals surface area contributed by atoms with Gasteiger partial charge in [-0.2, -0.15) is 0 Å². The van der Waals surface area contributed by atoms with Gasteiger partial charge in [-0.15, -0.1) is 13.2 Å². The van der Waals surface area contributed by atoms with E-state index in [0.717, 1.165) is 24.3 Å². The van der Waals surface area contributed by atoms with E-state index in [4.69, 9.17) is 9.47 Å². The van der Waals surface area contributed by atoms with E-state index >= 15 is 0 Å². The molecule has 1 amide bonds. The molecular formula is C20H18F3NO5. The predicted octanol–water partition coefficient (Wildman–Crippen LogP) is 3.34. The largest absolute Gasteiger partial charge is 0.573 e. The second-order valence-corrected chi connectivity index (χ2v) is 6.21. The Kier molecular flexibility index (Phi) is 6.38. The Morgan fingerprint density at radius 2 is 1.59 bits per heavy atom. The van der Waals surface area contributed by atoms with Crippen LogP contribution in [0.4, 0.5) is 13.2 Å². The average Bonchev–Trinajstić information content (AvgIpc) is 2.72. The van der Waals surface area contributed by atoms with Crippen molar-refractivity contribution in [1.29, 1.82) is 0 Å². The first-order valence-corrected chi connectivity index (χ1v) is 8.82. The number of rotatable bonds is 5. The fraction of sp³-hybridized carbons (Fsp3) is 0.300. The SMILES string of the molecule is O=C(O[C@@H](C(=O)N1CCOCC1)c1ccccc1)c1ccc(OC(F)(F)F)cc1. The number of ether oxygens (including phenoxy) is 3. The average molecular weight is 409 g/mol. The lowest BCUT2D eigenvalue weighted by Crippen LogP contribution is -2.44. The van der Waals surface area contributed by atoms with E-state index in [1.54, 1.807) is 35.2 Å². The minimum atomic E-state index is -4.83. The summed E-state index contributed by atoms with van der Waals surface area (Å²) in [5.41, 5.74) is 0.490. The summed E-state index contributed by atoms with van der Waals surface area (Å²) < 4.78 is 51.2. The van der Waals surface area contributed by atoms with Gasteiger partial charge in [-0.25, -0.2) is 4.79 Å². The van der Waals surface area contributed by atoms with E-state index in [1.807, 2.05) is 0 Å². The highest BCUT2D eigenvalue weighted by Crippen LogP contribution is 2.25. The molecule has 3 rings (SSSR count).